The van der Waals surface area contributed by atoms with Crippen molar-refractivity contribution < 1.29 is 4.79 Å². The molecule has 2 aromatic rings. The van der Waals surface area contributed by atoms with Crippen LogP contribution in [0.1, 0.15) is 17.0 Å². The molecule has 0 saturated carbocycles. The van der Waals surface area contributed by atoms with Gasteiger partial charge in [0, 0.05) is 19.3 Å². The number of rotatable bonds is 2. The van der Waals surface area contributed by atoms with E-state index in [1.54, 1.807) is 0 Å². The molecule has 2 heterocycles. The lowest BCUT2D eigenvalue weighted by atomic mass is 10.1. The normalized spacial score (nSPS) is 15.1. The monoisotopic (exact) mass is 270 g/mol. The summed E-state index contributed by atoms with van der Waals surface area (Å²) in [5.74, 6) is 0.0915. The van der Waals surface area contributed by atoms with Crippen molar-refractivity contribution in [2.75, 3.05) is 11.4 Å². The first kappa shape index (κ1) is 12.9. The van der Waals surface area contributed by atoms with Crippen molar-refractivity contribution in [2.45, 2.75) is 20.0 Å². The minimum atomic E-state index is 0.0915. The summed E-state index contributed by atoms with van der Waals surface area (Å²) in [5, 5.41) is 7.52. The zero-order valence-electron chi connectivity index (χ0n) is 11.8. The lowest BCUT2D eigenvalue weighted by molar-refractivity contribution is -0.117. The maximum Gasteiger partial charge on any atom is 0.241 e. The number of fused-ring (bicyclic) bond motifs is 1. The number of nitrogens with one attached hydrogen (secondary N) is 1. The Morgan fingerprint density at radius 3 is 2.85 bits per heavy atom. The molecule has 0 radical (unpaired) electrons. The highest BCUT2D eigenvalue weighted by molar-refractivity contribution is 5.96. The first-order valence-electron chi connectivity index (χ1n) is 6.73. The van der Waals surface area contributed by atoms with Gasteiger partial charge in [-0.1, -0.05) is 18.2 Å². The molecule has 0 aliphatic carbocycles. The molecular weight excluding hydrogens is 252 g/mol. The number of aryl methyl sites for hydroxylation is 2. The molecular formula is C15H18N4O. The third-order valence-corrected chi connectivity index (χ3v) is 3.59. The van der Waals surface area contributed by atoms with Crippen LogP contribution in [0.3, 0.4) is 0 Å². The summed E-state index contributed by atoms with van der Waals surface area (Å²) in [7, 11) is 1.91. The molecule has 5 heteroatoms. The van der Waals surface area contributed by atoms with E-state index < -0.39 is 0 Å². The van der Waals surface area contributed by atoms with Crippen LogP contribution in [-0.2, 0) is 24.9 Å². The quantitative estimate of drug-likeness (QED) is 0.896. The van der Waals surface area contributed by atoms with Gasteiger partial charge in [-0.3, -0.25) is 9.48 Å². The molecule has 20 heavy (non-hydrogen) atoms. The fourth-order valence-electron chi connectivity index (χ4n) is 2.61. The standard InChI is InChI=1S/C15H18N4O/c1-11-7-13(18(2)17-11)10-19-14-6-4-3-5-12(14)8-16-9-15(19)20/h3-7,16H,8-10H2,1-2H3. The SMILES string of the molecule is Cc1cc(CN2C(=O)CNCc3ccccc32)n(C)n1. The van der Waals surface area contributed by atoms with E-state index in [4.69, 9.17) is 0 Å². The van der Waals surface area contributed by atoms with Gasteiger partial charge >= 0.3 is 0 Å². The summed E-state index contributed by atoms with van der Waals surface area (Å²) < 4.78 is 1.84. The molecule has 0 fully saturated rings. The molecule has 1 aliphatic heterocycles. The number of hydrogen-bond acceptors (Lipinski definition) is 3. The predicted molar refractivity (Wildman–Crippen MR) is 77.3 cm³/mol. The van der Waals surface area contributed by atoms with Gasteiger partial charge in [0.05, 0.1) is 24.5 Å². The maximum absolute atomic E-state index is 12.3. The summed E-state index contributed by atoms with van der Waals surface area (Å²) >= 11 is 0. The van der Waals surface area contributed by atoms with Gasteiger partial charge in [0.15, 0.2) is 0 Å². The van der Waals surface area contributed by atoms with Crippen molar-refractivity contribution in [3.63, 3.8) is 0 Å². The number of carbonyl (C=O) groups excluding carboxylic acids is 1. The number of hydrogen-bond donors (Lipinski definition) is 1. The third-order valence-electron chi connectivity index (χ3n) is 3.59. The van der Waals surface area contributed by atoms with Crippen molar-refractivity contribution in [3.05, 3.63) is 47.3 Å². The van der Waals surface area contributed by atoms with Crippen LogP contribution in [0.25, 0.3) is 0 Å². The van der Waals surface area contributed by atoms with Gasteiger partial charge in [-0.2, -0.15) is 5.10 Å². The van der Waals surface area contributed by atoms with E-state index in [2.05, 4.69) is 16.5 Å². The van der Waals surface area contributed by atoms with Crippen molar-refractivity contribution in [1.82, 2.24) is 15.1 Å². The molecule has 0 saturated heterocycles. The first-order chi connectivity index (χ1) is 9.65. The highest BCUT2D eigenvalue weighted by atomic mass is 16.2. The van der Waals surface area contributed by atoms with Gasteiger partial charge in [0.1, 0.15) is 0 Å². The topological polar surface area (TPSA) is 50.2 Å². The van der Waals surface area contributed by atoms with Crippen LogP contribution in [0.15, 0.2) is 30.3 Å². The van der Waals surface area contributed by atoms with Gasteiger partial charge < -0.3 is 10.2 Å². The zero-order valence-corrected chi connectivity index (χ0v) is 11.8. The van der Waals surface area contributed by atoms with Crippen LogP contribution in [0.4, 0.5) is 5.69 Å². The molecule has 0 atom stereocenters. The summed E-state index contributed by atoms with van der Waals surface area (Å²) in [6.07, 6.45) is 0. The van der Waals surface area contributed by atoms with Crippen LogP contribution < -0.4 is 10.2 Å². The smallest absolute Gasteiger partial charge is 0.241 e. The Hall–Kier alpha value is -2.14. The molecule has 3 rings (SSSR count). The Labute approximate surface area is 118 Å². The number of amides is 1. The number of para-hydroxylation sites is 1. The fraction of sp³-hybridized carbons (Fsp3) is 0.333. The van der Waals surface area contributed by atoms with Gasteiger partial charge in [0.25, 0.3) is 0 Å². The predicted octanol–water partition coefficient (Wildman–Crippen LogP) is 1.36. The molecule has 5 nitrogen and oxygen atoms in total. The van der Waals surface area contributed by atoms with Crippen LogP contribution in [0.5, 0.6) is 0 Å². The maximum atomic E-state index is 12.3. The highest BCUT2D eigenvalue weighted by Crippen LogP contribution is 2.24. The lowest BCUT2D eigenvalue weighted by Crippen LogP contribution is -2.35. The second-order valence-corrected chi connectivity index (χ2v) is 5.11. The van der Waals surface area contributed by atoms with Gasteiger partial charge in [0.2, 0.25) is 5.91 Å². The van der Waals surface area contributed by atoms with Crippen molar-refractivity contribution >= 4 is 11.6 Å². The Morgan fingerprint density at radius 1 is 1.30 bits per heavy atom. The van der Waals surface area contributed by atoms with E-state index in [9.17, 15) is 4.79 Å². The van der Waals surface area contributed by atoms with Crippen LogP contribution in [0, 0.1) is 6.92 Å². The summed E-state index contributed by atoms with van der Waals surface area (Å²) in [4.78, 5) is 14.2. The molecule has 1 amide bonds. The molecule has 0 spiro atoms. The Morgan fingerprint density at radius 2 is 2.10 bits per heavy atom. The van der Waals surface area contributed by atoms with E-state index >= 15 is 0 Å². The lowest BCUT2D eigenvalue weighted by Gasteiger charge is -2.22. The molecule has 0 bridgehead atoms. The minimum Gasteiger partial charge on any atom is -0.305 e. The van der Waals surface area contributed by atoms with E-state index in [0.717, 1.165) is 29.2 Å². The van der Waals surface area contributed by atoms with Gasteiger partial charge in [-0.05, 0) is 24.6 Å². The molecule has 1 aliphatic rings. The van der Waals surface area contributed by atoms with Crippen molar-refractivity contribution in [2.24, 2.45) is 7.05 Å². The largest absolute Gasteiger partial charge is 0.305 e. The molecule has 1 N–H and O–H groups in total. The second-order valence-electron chi connectivity index (χ2n) is 5.11. The number of nitrogens with zero attached hydrogens (tertiary/aromatic N) is 3. The number of aromatic nitrogens is 2. The average Bonchev–Trinajstić information content (AvgIpc) is 2.65. The van der Waals surface area contributed by atoms with E-state index in [-0.39, 0.29) is 5.91 Å². The molecule has 0 unspecified atom stereocenters. The summed E-state index contributed by atoms with van der Waals surface area (Å²) in [5.41, 5.74) is 4.14. The zero-order chi connectivity index (χ0) is 14.1. The van der Waals surface area contributed by atoms with E-state index in [1.165, 1.54) is 0 Å². The third kappa shape index (κ3) is 2.32. The number of carbonyl (C=O) groups is 1. The Balaban J connectivity index is 1.98. The van der Waals surface area contributed by atoms with Gasteiger partial charge in [-0.15, -0.1) is 0 Å². The molecule has 1 aromatic heterocycles. The number of anilines is 1. The van der Waals surface area contributed by atoms with E-state index in [0.29, 0.717) is 13.1 Å². The minimum absolute atomic E-state index is 0.0915. The number of benzene rings is 1. The summed E-state index contributed by atoms with van der Waals surface area (Å²) in [6.45, 7) is 3.60. The molecule has 1 aromatic carbocycles. The highest BCUT2D eigenvalue weighted by Gasteiger charge is 2.22. The first-order valence-corrected chi connectivity index (χ1v) is 6.73. The summed E-state index contributed by atoms with van der Waals surface area (Å²) in [6, 6.07) is 10.1. The van der Waals surface area contributed by atoms with E-state index in [1.807, 2.05) is 47.8 Å². The second kappa shape index (κ2) is 5.09. The van der Waals surface area contributed by atoms with Crippen LogP contribution >= 0.6 is 0 Å². The fourth-order valence-corrected chi connectivity index (χ4v) is 2.61. The Kier molecular flexibility index (Phi) is 3.28. The Bertz CT molecular complexity index is 647. The van der Waals surface area contributed by atoms with Crippen LogP contribution in [-0.4, -0.2) is 22.2 Å². The van der Waals surface area contributed by atoms with Gasteiger partial charge in [-0.25, -0.2) is 0 Å². The van der Waals surface area contributed by atoms with Crippen molar-refractivity contribution in [1.29, 1.82) is 0 Å². The average molecular weight is 270 g/mol. The molecule has 104 valence electrons. The van der Waals surface area contributed by atoms with Crippen LogP contribution in [0.2, 0.25) is 0 Å². The van der Waals surface area contributed by atoms with Crippen molar-refractivity contribution in [3.8, 4) is 0 Å².